The van der Waals surface area contributed by atoms with E-state index in [0.717, 1.165) is 16.8 Å². The zero-order valence-electron chi connectivity index (χ0n) is 20.0. The molecule has 2 fully saturated rings. The van der Waals surface area contributed by atoms with Gasteiger partial charge in [-0.1, -0.05) is 13.8 Å². The first-order valence-electron chi connectivity index (χ1n) is 11.7. The van der Waals surface area contributed by atoms with E-state index in [-0.39, 0.29) is 11.5 Å². The van der Waals surface area contributed by atoms with E-state index in [2.05, 4.69) is 24.8 Å². The lowest BCUT2D eigenvalue weighted by Gasteiger charge is -2.39. The van der Waals surface area contributed by atoms with Gasteiger partial charge in [-0.15, -0.1) is 0 Å². The van der Waals surface area contributed by atoms with Gasteiger partial charge >= 0.3 is 11.8 Å². The fourth-order valence-corrected chi connectivity index (χ4v) is 4.76. The van der Waals surface area contributed by atoms with Crippen LogP contribution in [0.15, 0.2) is 0 Å². The number of hydrogen-bond acceptors (Lipinski definition) is 7. The molecule has 0 bridgehead atoms. The maximum Gasteiger partial charge on any atom is 0.312 e. The van der Waals surface area contributed by atoms with E-state index in [9.17, 15) is 14.9 Å². The number of hydrogen-bond donors (Lipinski definition) is 0. The van der Waals surface area contributed by atoms with E-state index in [1.54, 1.807) is 9.80 Å². The number of nitrogens with zero attached hydrogens (tertiary/aromatic N) is 5. The third kappa shape index (κ3) is 4.68. The van der Waals surface area contributed by atoms with Crippen molar-refractivity contribution in [3.8, 4) is 6.07 Å². The standard InChI is InChI=1S/C24H33N5O4/c1-16(2)20-19-15-33-24(3,4)13-17(19)18(14-25)21(26-20)27-5-7-28(8-6-27)22(30)23(31)29-9-11-32-12-10-29/h16H,5-13,15H2,1-4H3. The van der Waals surface area contributed by atoms with Gasteiger partial charge < -0.3 is 24.2 Å². The number of anilines is 1. The zero-order chi connectivity index (χ0) is 23.8. The Hall–Kier alpha value is -2.70. The number of fused-ring (bicyclic) bond motifs is 1. The quantitative estimate of drug-likeness (QED) is 0.622. The summed E-state index contributed by atoms with van der Waals surface area (Å²) in [5.74, 6) is -0.0359. The molecule has 4 heterocycles. The lowest BCUT2D eigenvalue weighted by molar-refractivity contribution is -0.154. The van der Waals surface area contributed by atoms with Crippen molar-refractivity contribution < 1.29 is 19.1 Å². The van der Waals surface area contributed by atoms with Gasteiger partial charge in [0.05, 0.1) is 36.7 Å². The summed E-state index contributed by atoms with van der Waals surface area (Å²) in [6, 6.07) is 2.41. The Morgan fingerprint density at radius 3 is 2.18 bits per heavy atom. The second kappa shape index (κ2) is 9.27. The maximum absolute atomic E-state index is 12.8. The average molecular weight is 456 g/mol. The van der Waals surface area contributed by atoms with Crippen LogP contribution in [0.25, 0.3) is 0 Å². The van der Waals surface area contributed by atoms with E-state index >= 15 is 0 Å². The molecule has 0 saturated carbocycles. The van der Waals surface area contributed by atoms with Crippen molar-refractivity contribution in [2.24, 2.45) is 0 Å². The van der Waals surface area contributed by atoms with Crippen LogP contribution in [0, 0.1) is 11.3 Å². The van der Waals surface area contributed by atoms with Gasteiger partial charge in [-0.25, -0.2) is 4.98 Å². The topological polar surface area (TPSA) is 99.0 Å². The predicted octanol–water partition coefficient (Wildman–Crippen LogP) is 1.44. The molecule has 3 aliphatic heterocycles. The van der Waals surface area contributed by atoms with Crippen molar-refractivity contribution in [1.82, 2.24) is 14.8 Å². The highest BCUT2D eigenvalue weighted by Gasteiger charge is 2.35. The van der Waals surface area contributed by atoms with Crippen molar-refractivity contribution in [3.05, 3.63) is 22.4 Å². The highest BCUT2D eigenvalue weighted by atomic mass is 16.5. The molecule has 0 atom stereocenters. The predicted molar refractivity (Wildman–Crippen MR) is 122 cm³/mol. The molecule has 33 heavy (non-hydrogen) atoms. The fraction of sp³-hybridized carbons (Fsp3) is 0.667. The van der Waals surface area contributed by atoms with Gasteiger partial charge in [0.15, 0.2) is 0 Å². The second-order valence-electron chi connectivity index (χ2n) is 9.83. The van der Waals surface area contributed by atoms with Crippen LogP contribution in [-0.4, -0.2) is 84.7 Å². The molecule has 2 saturated heterocycles. The maximum atomic E-state index is 12.8. The van der Waals surface area contributed by atoms with E-state index in [1.165, 1.54) is 0 Å². The Bertz CT molecular complexity index is 970. The van der Waals surface area contributed by atoms with E-state index in [0.29, 0.717) is 76.9 Å². The van der Waals surface area contributed by atoms with E-state index in [1.807, 2.05) is 13.8 Å². The van der Waals surface area contributed by atoms with Crippen LogP contribution in [0.3, 0.4) is 0 Å². The van der Waals surface area contributed by atoms with Crippen LogP contribution < -0.4 is 4.90 Å². The molecule has 0 spiro atoms. The monoisotopic (exact) mass is 455 g/mol. The van der Waals surface area contributed by atoms with Crippen LogP contribution in [0.1, 0.15) is 56.0 Å². The normalized spacial score (nSPS) is 20.4. The minimum Gasteiger partial charge on any atom is -0.378 e. The Morgan fingerprint density at radius 1 is 1.00 bits per heavy atom. The summed E-state index contributed by atoms with van der Waals surface area (Å²) in [4.78, 5) is 35.5. The van der Waals surface area contributed by atoms with Gasteiger partial charge in [0.2, 0.25) is 0 Å². The number of morpholine rings is 1. The summed E-state index contributed by atoms with van der Waals surface area (Å²) in [6.07, 6.45) is 0.660. The molecule has 0 aliphatic carbocycles. The number of nitriles is 1. The molecule has 0 radical (unpaired) electrons. The number of ether oxygens (including phenoxy) is 2. The van der Waals surface area contributed by atoms with Crippen molar-refractivity contribution in [2.45, 2.75) is 52.2 Å². The lowest BCUT2D eigenvalue weighted by atomic mass is 9.86. The van der Waals surface area contributed by atoms with Gasteiger partial charge in [-0.2, -0.15) is 5.26 Å². The molecule has 1 aromatic rings. The molecule has 0 N–H and O–H groups in total. The van der Waals surface area contributed by atoms with Gasteiger partial charge in [-0.3, -0.25) is 9.59 Å². The Kier molecular flexibility index (Phi) is 6.59. The van der Waals surface area contributed by atoms with Gasteiger partial charge in [0.25, 0.3) is 0 Å². The number of carbonyl (C=O) groups excluding carboxylic acids is 2. The smallest absolute Gasteiger partial charge is 0.312 e. The first-order valence-corrected chi connectivity index (χ1v) is 11.7. The van der Waals surface area contributed by atoms with Crippen LogP contribution in [-0.2, 0) is 32.1 Å². The first kappa shape index (κ1) is 23.5. The lowest BCUT2D eigenvalue weighted by Crippen LogP contribution is -2.55. The largest absolute Gasteiger partial charge is 0.378 e. The SMILES string of the molecule is CC(C)c1nc(N2CCN(C(=O)C(=O)N3CCOCC3)CC2)c(C#N)c2c1COC(C)(C)C2. The molecular formula is C24H33N5O4. The summed E-state index contributed by atoms with van der Waals surface area (Å²) in [5, 5.41) is 10.1. The van der Waals surface area contributed by atoms with Crippen molar-refractivity contribution in [1.29, 1.82) is 5.26 Å². The molecular weight excluding hydrogens is 422 g/mol. The minimum atomic E-state index is -0.461. The number of carbonyl (C=O) groups is 2. The molecule has 0 aromatic carbocycles. The Labute approximate surface area is 195 Å². The van der Waals surface area contributed by atoms with Crippen LogP contribution in [0.5, 0.6) is 0 Å². The second-order valence-corrected chi connectivity index (χ2v) is 9.83. The number of amides is 2. The highest BCUT2D eigenvalue weighted by Crippen LogP contribution is 2.37. The average Bonchev–Trinajstić information content (AvgIpc) is 2.82. The highest BCUT2D eigenvalue weighted by molar-refractivity contribution is 6.34. The summed E-state index contributed by atoms with van der Waals surface area (Å²) >= 11 is 0. The Morgan fingerprint density at radius 2 is 1.61 bits per heavy atom. The molecule has 0 unspecified atom stereocenters. The van der Waals surface area contributed by atoms with Crippen molar-refractivity contribution in [3.63, 3.8) is 0 Å². The van der Waals surface area contributed by atoms with Crippen LogP contribution in [0.2, 0.25) is 0 Å². The first-order chi connectivity index (χ1) is 15.7. The van der Waals surface area contributed by atoms with E-state index in [4.69, 9.17) is 14.5 Å². The molecule has 4 rings (SSSR count). The molecule has 9 heteroatoms. The van der Waals surface area contributed by atoms with Crippen molar-refractivity contribution >= 4 is 17.6 Å². The molecule has 9 nitrogen and oxygen atoms in total. The number of piperazine rings is 1. The molecule has 178 valence electrons. The van der Waals surface area contributed by atoms with Gasteiger partial charge in [0.1, 0.15) is 11.9 Å². The minimum absolute atomic E-state index is 0.198. The molecule has 1 aromatic heterocycles. The summed E-state index contributed by atoms with van der Waals surface area (Å²) in [6.45, 7) is 12.5. The zero-order valence-corrected chi connectivity index (χ0v) is 20.0. The molecule has 3 aliphatic rings. The summed E-state index contributed by atoms with van der Waals surface area (Å²) < 4.78 is 11.3. The number of aromatic nitrogens is 1. The van der Waals surface area contributed by atoms with E-state index < -0.39 is 11.8 Å². The molecule has 2 amide bonds. The fourth-order valence-electron chi connectivity index (χ4n) is 4.76. The van der Waals surface area contributed by atoms with Crippen molar-refractivity contribution in [2.75, 3.05) is 57.4 Å². The van der Waals surface area contributed by atoms with Gasteiger partial charge in [0, 0.05) is 51.3 Å². The van der Waals surface area contributed by atoms with Crippen LogP contribution >= 0.6 is 0 Å². The summed E-state index contributed by atoms with van der Waals surface area (Å²) in [7, 11) is 0. The number of rotatable bonds is 2. The van der Waals surface area contributed by atoms with Crippen LogP contribution in [0.4, 0.5) is 5.82 Å². The van der Waals surface area contributed by atoms with Gasteiger partial charge in [-0.05, 0) is 25.3 Å². The third-order valence-electron chi connectivity index (χ3n) is 6.64. The third-order valence-corrected chi connectivity index (χ3v) is 6.64. The summed E-state index contributed by atoms with van der Waals surface area (Å²) in [5.41, 5.74) is 3.31. The number of pyridine rings is 1. The Balaban J connectivity index is 1.54.